The van der Waals surface area contributed by atoms with Gasteiger partial charge in [0.2, 0.25) is 5.90 Å². The zero-order valence-corrected chi connectivity index (χ0v) is 25.2. The molecule has 0 radical (unpaired) electrons. The lowest BCUT2D eigenvalue weighted by atomic mass is 9.80. The maximum absolute atomic E-state index is 14.3. The van der Waals surface area contributed by atoms with Gasteiger partial charge in [-0.25, -0.2) is 19.2 Å². The molecule has 2 unspecified atom stereocenters. The molecule has 7 rings (SSSR count). The first-order valence-electron chi connectivity index (χ1n) is 15.1. The molecule has 2 saturated heterocycles. The van der Waals surface area contributed by atoms with Crippen LogP contribution in [0.1, 0.15) is 47.9 Å². The predicted octanol–water partition coefficient (Wildman–Crippen LogP) is 5.81. The molecule has 3 fully saturated rings. The van der Waals surface area contributed by atoms with Crippen LogP contribution in [0.25, 0.3) is 11.0 Å². The van der Waals surface area contributed by atoms with E-state index >= 15 is 0 Å². The molecule has 4 heterocycles. The largest absolute Gasteiger partial charge is 0.473 e. The summed E-state index contributed by atoms with van der Waals surface area (Å²) >= 11 is 5.89. The Balaban J connectivity index is 1.04. The molecule has 1 saturated carbocycles. The minimum absolute atomic E-state index is 0.117. The Kier molecular flexibility index (Phi) is 7.51. The minimum Gasteiger partial charge on any atom is -0.473 e. The van der Waals surface area contributed by atoms with Gasteiger partial charge in [-0.15, -0.1) is 0 Å². The topological polar surface area (TPSA) is 78.2 Å². The number of carbonyl (C=O) groups excluding carboxylic acids is 1. The molecule has 1 aromatic heterocycles. The Labute approximate surface area is 255 Å². The summed E-state index contributed by atoms with van der Waals surface area (Å²) in [7, 11) is 1.40. The molecule has 226 valence electrons. The molecule has 10 heteroatoms. The van der Waals surface area contributed by atoms with Gasteiger partial charge in [0.1, 0.15) is 18.2 Å². The van der Waals surface area contributed by atoms with Gasteiger partial charge in [-0.3, -0.25) is 4.90 Å². The number of aliphatic imine (C=N–C) groups is 1. The molecule has 0 spiro atoms. The second-order valence-electron chi connectivity index (χ2n) is 12.4. The van der Waals surface area contributed by atoms with Crippen LogP contribution >= 0.6 is 11.6 Å². The summed E-state index contributed by atoms with van der Waals surface area (Å²) < 4.78 is 33.2. The molecule has 3 aliphatic heterocycles. The van der Waals surface area contributed by atoms with Crippen molar-refractivity contribution in [2.75, 3.05) is 26.8 Å². The van der Waals surface area contributed by atoms with E-state index in [0.717, 1.165) is 68.9 Å². The number of piperidine rings is 1. The van der Waals surface area contributed by atoms with Crippen LogP contribution in [0.5, 0.6) is 0 Å². The highest BCUT2D eigenvalue weighted by Gasteiger charge is 2.62. The van der Waals surface area contributed by atoms with Gasteiger partial charge >= 0.3 is 5.97 Å². The average molecular weight is 607 g/mol. The van der Waals surface area contributed by atoms with Crippen LogP contribution in [-0.2, 0) is 33.9 Å². The summed E-state index contributed by atoms with van der Waals surface area (Å²) in [6, 6.07) is 10.3. The number of ether oxygens (including phenoxy) is 3. The number of hydrogen-bond donors (Lipinski definition) is 0. The molecule has 0 bridgehead atoms. The second-order valence-corrected chi connectivity index (χ2v) is 12.8. The summed E-state index contributed by atoms with van der Waals surface area (Å²) in [5.74, 6) is 1.71. The molecule has 3 aromatic rings. The van der Waals surface area contributed by atoms with E-state index in [1.165, 1.54) is 13.2 Å². The number of halogens is 2. The number of hydrogen-bond acceptors (Lipinski definition) is 7. The number of rotatable bonds is 8. The van der Waals surface area contributed by atoms with Crippen LogP contribution in [0, 0.1) is 23.1 Å². The van der Waals surface area contributed by atoms with Crippen molar-refractivity contribution in [1.29, 1.82) is 0 Å². The lowest BCUT2D eigenvalue weighted by molar-refractivity contribution is -0.0592. The van der Waals surface area contributed by atoms with E-state index in [9.17, 15) is 9.18 Å². The highest BCUT2D eigenvalue weighted by molar-refractivity contribution is 6.30. The van der Waals surface area contributed by atoms with Gasteiger partial charge in [0.25, 0.3) is 0 Å². The Hall–Kier alpha value is -3.27. The third-order valence-electron chi connectivity index (χ3n) is 9.73. The van der Waals surface area contributed by atoms with Gasteiger partial charge in [0, 0.05) is 23.7 Å². The minimum atomic E-state index is -0.372. The average Bonchev–Trinajstić information content (AvgIpc) is 3.61. The first kappa shape index (κ1) is 28.5. The van der Waals surface area contributed by atoms with E-state index in [0.29, 0.717) is 33.9 Å². The number of likely N-dealkylation sites (tertiary alicyclic amines) is 1. The maximum atomic E-state index is 14.3. The standard InChI is InChI=1S/C33H36ClFN4O4/c1-20-3-8-30(43-19-22-4-6-24(34)14-26(22)35)37-31(20)33-10-11-38(16-23(33)15-33)18-29-36-27-7-5-21(32(40)41-2)13-28(27)39(29)17-25-9-12-42-25/h3-8,13-14,20,23,25,31H,9-12,15-19H2,1-2H3/t20?,23-,25-,31?,33+/m0/s1. The molecule has 1 aliphatic carbocycles. The van der Waals surface area contributed by atoms with Crippen molar-refractivity contribution in [3.63, 3.8) is 0 Å². The van der Waals surface area contributed by atoms with Crippen molar-refractivity contribution < 1.29 is 23.4 Å². The molecule has 0 N–H and O–H groups in total. The zero-order chi connectivity index (χ0) is 29.7. The van der Waals surface area contributed by atoms with Crippen molar-refractivity contribution >= 4 is 34.5 Å². The first-order valence-corrected chi connectivity index (χ1v) is 15.4. The number of methoxy groups -OCH3 is 1. The fourth-order valence-corrected chi connectivity index (χ4v) is 7.27. The molecule has 43 heavy (non-hydrogen) atoms. The SMILES string of the molecule is COC(=O)c1ccc2nc(CN3CC[C@@]4(C5N=C(OCc6ccc(Cl)cc6F)C=CC5C)C[C@H]4C3)n(C[C@@H]3CCO3)c2c1. The quantitative estimate of drug-likeness (QED) is 0.301. The van der Waals surface area contributed by atoms with Crippen LogP contribution in [-0.4, -0.2) is 65.3 Å². The zero-order valence-electron chi connectivity index (χ0n) is 24.5. The van der Waals surface area contributed by atoms with Gasteiger partial charge in [-0.05, 0) is 79.5 Å². The highest BCUT2D eigenvalue weighted by Crippen LogP contribution is 2.63. The normalized spacial score (nSPS) is 28.2. The van der Waals surface area contributed by atoms with Crippen molar-refractivity contribution in [2.45, 2.75) is 58.0 Å². The Morgan fingerprint density at radius 1 is 1.26 bits per heavy atom. The van der Waals surface area contributed by atoms with Gasteiger partial charge in [-0.2, -0.15) is 0 Å². The van der Waals surface area contributed by atoms with Gasteiger partial charge < -0.3 is 18.8 Å². The summed E-state index contributed by atoms with van der Waals surface area (Å²) in [4.78, 5) is 24.8. The van der Waals surface area contributed by atoms with E-state index in [4.69, 9.17) is 35.8 Å². The smallest absolute Gasteiger partial charge is 0.337 e. The van der Waals surface area contributed by atoms with Gasteiger partial charge in [0.05, 0.1) is 48.9 Å². The number of carbonyl (C=O) groups is 1. The molecule has 4 aliphatic rings. The molecule has 5 atom stereocenters. The summed E-state index contributed by atoms with van der Waals surface area (Å²) in [6.07, 6.45) is 7.49. The van der Waals surface area contributed by atoms with Crippen LogP contribution in [0.4, 0.5) is 4.39 Å². The summed E-state index contributed by atoms with van der Waals surface area (Å²) in [6.45, 7) is 6.55. The summed E-state index contributed by atoms with van der Waals surface area (Å²) in [5, 5.41) is 0.368. The molecular weight excluding hydrogens is 571 g/mol. The Morgan fingerprint density at radius 2 is 2.12 bits per heavy atom. The monoisotopic (exact) mass is 606 g/mol. The molecule has 2 aromatic carbocycles. The van der Waals surface area contributed by atoms with Crippen LogP contribution in [0.3, 0.4) is 0 Å². The number of aromatic nitrogens is 2. The Bertz CT molecular complexity index is 1620. The fourth-order valence-electron chi connectivity index (χ4n) is 7.11. The van der Waals surface area contributed by atoms with Crippen LogP contribution in [0.2, 0.25) is 5.02 Å². The molecule has 0 amide bonds. The van der Waals surface area contributed by atoms with E-state index in [-0.39, 0.29) is 36.0 Å². The molecule has 8 nitrogen and oxygen atoms in total. The lowest BCUT2D eigenvalue weighted by Gasteiger charge is -2.37. The van der Waals surface area contributed by atoms with Gasteiger partial charge in [0.15, 0.2) is 0 Å². The Morgan fingerprint density at radius 3 is 2.86 bits per heavy atom. The van der Waals surface area contributed by atoms with E-state index in [2.05, 4.69) is 22.5 Å². The van der Waals surface area contributed by atoms with Crippen LogP contribution in [0.15, 0.2) is 53.5 Å². The van der Waals surface area contributed by atoms with Crippen molar-refractivity contribution in [2.24, 2.45) is 22.2 Å². The maximum Gasteiger partial charge on any atom is 0.337 e. The number of nitrogens with zero attached hydrogens (tertiary/aromatic N) is 4. The number of benzene rings is 2. The number of imidazole rings is 1. The predicted molar refractivity (Wildman–Crippen MR) is 162 cm³/mol. The second kappa shape index (κ2) is 11.3. The van der Waals surface area contributed by atoms with E-state index in [1.807, 2.05) is 18.2 Å². The highest BCUT2D eigenvalue weighted by atomic mass is 35.5. The van der Waals surface area contributed by atoms with Crippen molar-refractivity contribution in [3.8, 4) is 0 Å². The third kappa shape index (κ3) is 5.47. The molecular formula is C33H36ClFN4O4. The van der Waals surface area contributed by atoms with E-state index < -0.39 is 0 Å². The lowest BCUT2D eigenvalue weighted by Crippen LogP contribution is -2.41. The van der Waals surface area contributed by atoms with E-state index in [1.54, 1.807) is 18.2 Å². The van der Waals surface area contributed by atoms with Crippen LogP contribution < -0.4 is 0 Å². The summed E-state index contributed by atoms with van der Waals surface area (Å²) in [5.41, 5.74) is 2.96. The number of fused-ring (bicyclic) bond motifs is 2. The van der Waals surface area contributed by atoms with Crippen molar-refractivity contribution in [1.82, 2.24) is 14.5 Å². The van der Waals surface area contributed by atoms with Crippen molar-refractivity contribution in [3.05, 3.63) is 76.3 Å². The number of dihydropyridines is 1. The number of esters is 1. The fraction of sp³-hybridized carbons (Fsp3) is 0.485. The van der Waals surface area contributed by atoms with Gasteiger partial charge in [-0.1, -0.05) is 30.7 Å². The third-order valence-corrected chi connectivity index (χ3v) is 9.97. The first-order chi connectivity index (χ1) is 20.8.